The molecule has 0 saturated carbocycles. The first-order valence-electron chi connectivity index (χ1n) is 5.84. The van der Waals surface area contributed by atoms with Crippen LogP contribution in [0.5, 0.6) is 0 Å². The van der Waals surface area contributed by atoms with Gasteiger partial charge < -0.3 is 4.90 Å². The number of nitrogens with zero attached hydrogens (tertiary/aromatic N) is 3. The second kappa shape index (κ2) is 5.62. The summed E-state index contributed by atoms with van der Waals surface area (Å²) in [6.45, 7) is 14.2. The van der Waals surface area contributed by atoms with E-state index in [0.717, 1.165) is 0 Å². The molecule has 0 aliphatic carbocycles. The number of carbonyl (C=O) groups excluding carboxylic acids is 1. The van der Waals surface area contributed by atoms with Crippen LogP contribution in [-0.2, 0) is 5.41 Å². The fourth-order valence-electron chi connectivity index (χ4n) is 1.39. The smallest absolute Gasteiger partial charge is 0.294 e. The van der Waals surface area contributed by atoms with Crippen LogP contribution in [0.25, 0.3) is 0 Å². The Morgan fingerprint density at radius 2 is 1.89 bits per heavy atom. The van der Waals surface area contributed by atoms with E-state index in [4.69, 9.17) is 0 Å². The van der Waals surface area contributed by atoms with Crippen molar-refractivity contribution in [1.29, 1.82) is 0 Å². The van der Waals surface area contributed by atoms with Crippen LogP contribution in [0.1, 0.15) is 37.2 Å². The molecule has 0 fully saturated rings. The second-order valence-electron chi connectivity index (χ2n) is 5.05. The van der Waals surface area contributed by atoms with Gasteiger partial charge in [0.25, 0.3) is 5.91 Å². The van der Waals surface area contributed by atoms with Crippen LogP contribution in [0.2, 0.25) is 0 Å². The molecule has 1 aromatic heterocycles. The number of hydrogen-bond donors (Lipinski definition) is 1. The summed E-state index contributed by atoms with van der Waals surface area (Å²) >= 11 is 0. The molecule has 0 aromatic carbocycles. The van der Waals surface area contributed by atoms with Gasteiger partial charge in [0.05, 0.1) is 0 Å². The molecule has 1 amide bonds. The minimum atomic E-state index is -0.221. The maximum Gasteiger partial charge on any atom is 0.294 e. The average molecular weight is 248 g/mol. The van der Waals surface area contributed by atoms with Gasteiger partial charge in [-0.2, -0.15) is 0 Å². The lowest BCUT2D eigenvalue weighted by atomic mass is 9.96. The zero-order valence-corrected chi connectivity index (χ0v) is 11.2. The zero-order valence-electron chi connectivity index (χ0n) is 11.2. The van der Waals surface area contributed by atoms with Gasteiger partial charge in [0.15, 0.2) is 0 Å². The first-order valence-corrected chi connectivity index (χ1v) is 5.84. The van der Waals surface area contributed by atoms with Gasteiger partial charge in [0, 0.05) is 18.5 Å². The quantitative estimate of drug-likeness (QED) is 0.810. The predicted molar refractivity (Wildman–Crippen MR) is 71.4 cm³/mol. The van der Waals surface area contributed by atoms with Gasteiger partial charge in [-0.15, -0.1) is 18.3 Å². The Bertz CT molecular complexity index is 432. The number of carbonyl (C=O) groups is 1. The molecular weight excluding hydrogens is 228 g/mol. The summed E-state index contributed by atoms with van der Waals surface area (Å²) in [6.07, 6.45) is 3.33. The molecule has 18 heavy (non-hydrogen) atoms. The van der Waals surface area contributed by atoms with Crippen molar-refractivity contribution in [3.63, 3.8) is 0 Å². The molecule has 5 nitrogen and oxygen atoms in total. The number of amides is 1. The molecular formula is C13H20N4O. The van der Waals surface area contributed by atoms with Gasteiger partial charge in [0.2, 0.25) is 5.82 Å². The summed E-state index contributed by atoms with van der Waals surface area (Å²) in [5.41, 5.74) is -0.159. The molecule has 0 spiro atoms. The third-order valence-corrected chi connectivity index (χ3v) is 2.37. The molecule has 1 heterocycles. The van der Waals surface area contributed by atoms with Crippen LogP contribution in [0, 0.1) is 0 Å². The summed E-state index contributed by atoms with van der Waals surface area (Å²) in [5.74, 6) is 0.660. The average Bonchev–Trinajstić information content (AvgIpc) is 2.76. The van der Waals surface area contributed by atoms with E-state index in [1.165, 1.54) is 0 Å². The molecule has 0 bridgehead atoms. The van der Waals surface area contributed by atoms with E-state index in [-0.39, 0.29) is 17.1 Å². The highest BCUT2D eigenvalue weighted by atomic mass is 16.2. The van der Waals surface area contributed by atoms with Crippen molar-refractivity contribution in [2.45, 2.75) is 26.2 Å². The van der Waals surface area contributed by atoms with Gasteiger partial charge in [-0.1, -0.05) is 32.9 Å². The molecule has 0 unspecified atom stereocenters. The standard InChI is InChI=1S/C13H20N4O/c1-6-8-17(9-7-2)11(18)10-14-12(16-15-10)13(3,4)5/h6-7H,1-2,8-9H2,3-5H3,(H,14,15,16). The van der Waals surface area contributed by atoms with E-state index < -0.39 is 0 Å². The Balaban J connectivity index is 2.91. The van der Waals surface area contributed by atoms with Crippen molar-refractivity contribution >= 4 is 5.91 Å². The fraction of sp³-hybridized carbons (Fsp3) is 0.462. The molecule has 0 aliphatic rings. The summed E-state index contributed by atoms with van der Waals surface area (Å²) in [4.78, 5) is 18.0. The van der Waals surface area contributed by atoms with Crippen LogP contribution in [0.15, 0.2) is 25.3 Å². The largest absolute Gasteiger partial charge is 0.328 e. The van der Waals surface area contributed by atoms with Crippen molar-refractivity contribution in [3.8, 4) is 0 Å². The van der Waals surface area contributed by atoms with Gasteiger partial charge >= 0.3 is 0 Å². The van der Waals surface area contributed by atoms with Crippen molar-refractivity contribution in [3.05, 3.63) is 37.0 Å². The lowest BCUT2D eigenvalue weighted by Crippen LogP contribution is -2.32. The third-order valence-electron chi connectivity index (χ3n) is 2.37. The third kappa shape index (κ3) is 3.29. The van der Waals surface area contributed by atoms with Crippen molar-refractivity contribution in [2.24, 2.45) is 0 Å². The molecule has 0 atom stereocenters. The lowest BCUT2D eigenvalue weighted by molar-refractivity contribution is 0.0779. The van der Waals surface area contributed by atoms with Crippen molar-refractivity contribution in [2.75, 3.05) is 13.1 Å². The number of H-pyrrole nitrogens is 1. The van der Waals surface area contributed by atoms with Gasteiger partial charge in [-0.3, -0.25) is 9.89 Å². The van der Waals surface area contributed by atoms with E-state index in [9.17, 15) is 4.79 Å². The highest BCUT2D eigenvalue weighted by Crippen LogP contribution is 2.17. The first-order chi connectivity index (χ1) is 8.40. The molecule has 98 valence electrons. The number of nitrogens with one attached hydrogen (secondary N) is 1. The van der Waals surface area contributed by atoms with Crippen LogP contribution >= 0.6 is 0 Å². The number of rotatable bonds is 5. The lowest BCUT2D eigenvalue weighted by Gasteiger charge is -2.17. The highest BCUT2D eigenvalue weighted by molar-refractivity contribution is 5.90. The number of aromatic nitrogens is 3. The number of hydrogen-bond acceptors (Lipinski definition) is 3. The van der Waals surface area contributed by atoms with E-state index in [2.05, 4.69) is 28.3 Å². The Morgan fingerprint density at radius 1 is 1.33 bits per heavy atom. The molecule has 1 aromatic rings. The predicted octanol–water partition coefficient (Wildman–Crippen LogP) is 1.92. The first kappa shape index (κ1) is 14.2. The summed E-state index contributed by atoms with van der Waals surface area (Å²) < 4.78 is 0. The van der Waals surface area contributed by atoms with E-state index >= 15 is 0 Å². The molecule has 0 saturated heterocycles. The Kier molecular flexibility index (Phi) is 4.42. The van der Waals surface area contributed by atoms with Crippen molar-refractivity contribution < 1.29 is 4.79 Å². The van der Waals surface area contributed by atoms with Gasteiger partial charge in [-0.05, 0) is 0 Å². The van der Waals surface area contributed by atoms with Crippen LogP contribution in [-0.4, -0.2) is 39.1 Å². The normalized spacial score (nSPS) is 11.1. The minimum Gasteiger partial charge on any atom is -0.328 e. The molecule has 0 aliphatic heterocycles. The molecule has 1 rings (SSSR count). The maximum absolute atomic E-state index is 12.2. The number of aromatic amines is 1. The fourth-order valence-corrected chi connectivity index (χ4v) is 1.39. The molecule has 0 radical (unpaired) electrons. The Morgan fingerprint density at radius 3 is 2.28 bits per heavy atom. The monoisotopic (exact) mass is 248 g/mol. The van der Waals surface area contributed by atoms with E-state index in [1.807, 2.05) is 20.8 Å². The zero-order chi connectivity index (χ0) is 13.8. The van der Waals surface area contributed by atoms with Gasteiger partial charge in [0.1, 0.15) is 5.82 Å². The summed E-state index contributed by atoms with van der Waals surface area (Å²) in [6, 6.07) is 0. The van der Waals surface area contributed by atoms with Gasteiger partial charge in [-0.25, -0.2) is 4.98 Å². The minimum absolute atomic E-state index is 0.159. The topological polar surface area (TPSA) is 61.9 Å². The van der Waals surface area contributed by atoms with E-state index in [0.29, 0.717) is 18.9 Å². The van der Waals surface area contributed by atoms with E-state index in [1.54, 1.807) is 17.1 Å². The van der Waals surface area contributed by atoms with Crippen LogP contribution in [0.3, 0.4) is 0 Å². The Labute approximate surface area is 108 Å². The molecule has 1 N–H and O–H groups in total. The summed E-state index contributed by atoms with van der Waals surface area (Å²) in [5, 5.41) is 6.78. The molecule has 5 heteroatoms. The summed E-state index contributed by atoms with van der Waals surface area (Å²) in [7, 11) is 0. The Hall–Kier alpha value is -1.91. The van der Waals surface area contributed by atoms with Crippen LogP contribution in [0.4, 0.5) is 0 Å². The second-order valence-corrected chi connectivity index (χ2v) is 5.05. The maximum atomic E-state index is 12.2. The highest BCUT2D eigenvalue weighted by Gasteiger charge is 2.23. The van der Waals surface area contributed by atoms with Crippen LogP contribution < -0.4 is 0 Å². The SMILES string of the molecule is C=CCN(CC=C)C(=O)c1n[nH]c(C(C)(C)C)n1. The van der Waals surface area contributed by atoms with Crippen molar-refractivity contribution in [1.82, 2.24) is 20.1 Å².